The molecule has 96 valence electrons. The van der Waals surface area contributed by atoms with Crippen LogP contribution >= 0.6 is 0 Å². The topological polar surface area (TPSA) is 40.2 Å². The van der Waals surface area contributed by atoms with Gasteiger partial charge in [-0.2, -0.15) is 0 Å². The van der Waals surface area contributed by atoms with E-state index in [0.29, 0.717) is 5.92 Å². The standard InChI is InChI=1S/C14H24N2O/c1-11(2)10-17-7-6-16-8-12-4-3-5-14(15)13(12)9-16/h8-9,11,14H,3-7,10,15H2,1-2H3. The Morgan fingerprint density at radius 3 is 3.00 bits per heavy atom. The van der Waals surface area contributed by atoms with Crippen LogP contribution in [0.1, 0.15) is 43.9 Å². The first kappa shape index (κ1) is 12.7. The summed E-state index contributed by atoms with van der Waals surface area (Å²) in [6.45, 7) is 6.93. The second-order valence-corrected chi connectivity index (χ2v) is 5.44. The van der Waals surface area contributed by atoms with Crippen LogP contribution in [0.15, 0.2) is 12.4 Å². The third-order valence-electron chi connectivity index (χ3n) is 3.30. The van der Waals surface area contributed by atoms with Gasteiger partial charge in [0, 0.05) is 31.6 Å². The molecule has 0 radical (unpaired) electrons. The Morgan fingerprint density at radius 1 is 1.47 bits per heavy atom. The van der Waals surface area contributed by atoms with Crippen molar-refractivity contribution in [2.45, 2.75) is 45.7 Å². The first-order valence-electron chi connectivity index (χ1n) is 6.68. The van der Waals surface area contributed by atoms with Crippen LogP contribution in [0.2, 0.25) is 0 Å². The number of nitrogens with zero attached hydrogens (tertiary/aromatic N) is 1. The quantitative estimate of drug-likeness (QED) is 0.798. The van der Waals surface area contributed by atoms with Crippen LogP contribution in [0.5, 0.6) is 0 Å². The number of aryl methyl sites for hydroxylation is 1. The van der Waals surface area contributed by atoms with Gasteiger partial charge in [-0.05, 0) is 36.3 Å². The second kappa shape index (κ2) is 5.69. The molecule has 1 heterocycles. The lowest BCUT2D eigenvalue weighted by molar-refractivity contribution is 0.103. The van der Waals surface area contributed by atoms with E-state index < -0.39 is 0 Å². The summed E-state index contributed by atoms with van der Waals surface area (Å²) in [7, 11) is 0. The molecular formula is C14H24N2O. The fraction of sp³-hybridized carbons (Fsp3) is 0.714. The fourth-order valence-corrected chi connectivity index (χ4v) is 2.40. The Hall–Kier alpha value is -0.800. The molecule has 1 aliphatic carbocycles. The highest BCUT2D eigenvalue weighted by molar-refractivity contribution is 5.29. The van der Waals surface area contributed by atoms with Gasteiger partial charge in [0.2, 0.25) is 0 Å². The summed E-state index contributed by atoms with van der Waals surface area (Å²) in [5.74, 6) is 0.612. The number of hydrogen-bond donors (Lipinski definition) is 1. The van der Waals surface area contributed by atoms with Crippen molar-refractivity contribution >= 4 is 0 Å². The first-order chi connectivity index (χ1) is 8.16. The number of rotatable bonds is 5. The minimum absolute atomic E-state index is 0.247. The van der Waals surface area contributed by atoms with Gasteiger partial charge in [0.25, 0.3) is 0 Å². The lowest BCUT2D eigenvalue weighted by Gasteiger charge is -2.17. The maximum atomic E-state index is 6.11. The van der Waals surface area contributed by atoms with Crippen molar-refractivity contribution < 1.29 is 4.74 Å². The van der Waals surface area contributed by atoms with E-state index in [0.717, 1.165) is 26.2 Å². The van der Waals surface area contributed by atoms with Gasteiger partial charge in [-0.1, -0.05) is 13.8 Å². The Morgan fingerprint density at radius 2 is 2.29 bits per heavy atom. The zero-order valence-electron chi connectivity index (χ0n) is 11.0. The molecule has 0 saturated carbocycles. The van der Waals surface area contributed by atoms with Gasteiger partial charge in [-0.3, -0.25) is 0 Å². The molecule has 3 heteroatoms. The zero-order chi connectivity index (χ0) is 12.3. The SMILES string of the molecule is CC(C)COCCn1cc2c(c1)C(N)CCC2. The summed E-state index contributed by atoms with van der Waals surface area (Å²) in [5.41, 5.74) is 8.89. The summed E-state index contributed by atoms with van der Waals surface area (Å²) in [5, 5.41) is 0. The third kappa shape index (κ3) is 3.33. The highest BCUT2D eigenvalue weighted by Gasteiger charge is 2.18. The maximum absolute atomic E-state index is 6.11. The van der Waals surface area contributed by atoms with E-state index in [1.54, 1.807) is 0 Å². The lowest BCUT2D eigenvalue weighted by atomic mass is 9.92. The highest BCUT2D eigenvalue weighted by atomic mass is 16.5. The Balaban J connectivity index is 1.85. The van der Waals surface area contributed by atoms with E-state index in [2.05, 4.69) is 30.8 Å². The first-order valence-corrected chi connectivity index (χ1v) is 6.68. The van der Waals surface area contributed by atoms with Gasteiger partial charge in [0.1, 0.15) is 0 Å². The van der Waals surface area contributed by atoms with Crippen LogP contribution in [0.3, 0.4) is 0 Å². The molecule has 1 aliphatic rings. The predicted octanol–water partition coefficient (Wildman–Crippen LogP) is 2.50. The third-order valence-corrected chi connectivity index (χ3v) is 3.30. The van der Waals surface area contributed by atoms with E-state index in [9.17, 15) is 0 Å². The number of hydrogen-bond acceptors (Lipinski definition) is 2. The van der Waals surface area contributed by atoms with Gasteiger partial charge in [0.15, 0.2) is 0 Å². The molecule has 2 N–H and O–H groups in total. The monoisotopic (exact) mass is 236 g/mol. The van der Waals surface area contributed by atoms with Crippen LogP contribution in [0, 0.1) is 5.92 Å². The van der Waals surface area contributed by atoms with Crippen LogP contribution in [0.25, 0.3) is 0 Å². The highest BCUT2D eigenvalue weighted by Crippen LogP contribution is 2.28. The van der Waals surface area contributed by atoms with Crippen LogP contribution < -0.4 is 5.73 Å². The van der Waals surface area contributed by atoms with Crippen LogP contribution in [-0.2, 0) is 17.7 Å². The molecular weight excluding hydrogens is 212 g/mol. The van der Waals surface area contributed by atoms with E-state index in [-0.39, 0.29) is 6.04 Å². The summed E-state index contributed by atoms with van der Waals surface area (Å²) < 4.78 is 7.84. The van der Waals surface area contributed by atoms with E-state index in [4.69, 9.17) is 10.5 Å². The molecule has 0 spiro atoms. The van der Waals surface area contributed by atoms with Gasteiger partial charge >= 0.3 is 0 Å². The molecule has 1 unspecified atom stereocenters. The molecule has 0 bridgehead atoms. The van der Waals surface area contributed by atoms with E-state index >= 15 is 0 Å². The average molecular weight is 236 g/mol. The van der Waals surface area contributed by atoms with Crippen molar-refractivity contribution in [1.82, 2.24) is 4.57 Å². The number of ether oxygens (including phenoxy) is 1. The largest absolute Gasteiger partial charge is 0.379 e. The van der Waals surface area contributed by atoms with Crippen LogP contribution in [-0.4, -0.2) is 17.8 Å². The molecule has 0 fully saturated rings. The number of aromatic nitrogens is 1. The van der Waals surface area contributed by atoms with Gasteiger partial charge < -0.3 is 15.0 Å². The number of fused-ring (bicyclic) bond motifs is 1. The molecule has 0 saturated heterocycles. The molecule has 2 rings (SSSR count). The Bertz CT molecular complexity index is 357. The van der Waals surface area contributed by atoms with E-state index in [1.165, 1.54) is 24.0 Å². The summed E-state index contributed by atoms with van der Waals surface area (Å²) in [6.07, 6.45) is 7.98. The van der Waals surface area contributed by atoms with Crippen molar-refractivity contribution in [3.8, 4) is 0 Å². The molecule has 0 aromatic carbocycles. The molecule has 1 aromatic heterocycles. The van der Waals surface area contributed by atoms with Gasteiger partial charge in [0.05, 0.1) is 6.61 Å². The van der Waals surface area contributed by atoms with Crippen molar-refractivity contribution in [2.75, 3.05) is 13.2 Å². The van der Waals surface area contributed by atoms with Crippen molar-refractivity contribution in [3.05, 3.63) is 23.5 Å². The van der Waals surface area contributed by atoms with Crippen molar-refractivity contribution in [1.29, 1.82) is 0 Å². The van der Waals surface area contributed by atoms with Crippen molar-refractivity contribution in [3.63, 3.8) is 0 Å². The minimum atomic E-state index is 0.247. The summed E-state index contributed by atoms with van der Waals surface area (Å²) >= 11 is 0. The lowest BCUT2D eigenvalue weighted by Crippen LogP contribution is -2.15. The minimum Gasteiger partial charge on any atom is -0.379 e. The Kier molecular flexibility index (Phi) is 4.24. The molecule has 17 heavy (non-hydrogen) atoms. The van der Waals surface area contributed by atoms with Crippen LogP contribution in [0.4, 0.5) is 0 Å². The fourth-order valence-electron chi connectivity index (χ4n) is 2.40. The molecule has 1 atom stereocenters. The maximum Gasteiger partial charge on any atom is 0.0645 e. The predicted molar refractivity (Wildman–Crippen MR) is 70.0 cm³/mol. The average Bonchev–Trinajstić information content (AvgIpc) is 2.69. The normalized spacial score (nSPS) is 19.6. The molecule has 3 nitrogen and oxygen atoms in total. The zero-order valence-corrected chi connectivity index (χ0v) is 11.0. The molecule has 1 aromatic rings. The van der Waals surface area contributed by atoms with Crippen molar-refractivity contribution in [2.24, 2.45) is 11.7 Å². The smallest absolute Gasteiger partial charge is 0.0645 e. The van der Waals surface area contributed by atoms with Gasteiger partial charge in [-0.15, -0.1) is 0 Å². The van der Waals surface area contributed by atoms with E-state index in [1.807, 2.05) is 0 Å². The Labute approximate surface area is 104 Å². The molecule has 0 amide bonds. The number of nitrogens with two attached hydrogens (primary N) is 1. The molecule has 0 aliphatic heterocycles. The summed E-state index contributed by atoms with van der Waals surface area (Å²) in [4.78, 5) is 0. The van der Waals surface area contributed by atoms with Gasteiger partial charge in [-0.25, -0.2) is 0 Å². The summed E-state index contributed by atoms with van der Waals surface area (Å²) in [6, 6.07) is 0.247. The second-order valence-electron chi connectivity index (χ2n) is 5.44.